The number of carbonyl (C=O) groups is 1. The van der Waals surface area contributed by atoms with Crippen molar-refractivity contribution in [1.82, 2.24) is 15.0 Å². The highest BCUT2D eigenvalue weighted by molar-refractivity contribution is 5.81. The Morgan fingerprint density at radius 1 is 1.53 bits per heavy atom. The first-order chi connectivity index (χ1) is 9.29. The highest BCUT2D eigenvalue weighted by Crippen LogP contribution is 2.34. The Bertz CT molecular complexity index is 458. The molecular formula is C12H17N3O4. The lowest BCUT2D eigenvalue weighted by atomic mass is 10.2. The fourth-order valence-electron chi connectivity index (χ4n) is 2.23. The molecule has 0 spiro atoms. The molecule has 0 radical (unpaired) electrons. The summed E-state index contributed by atoms with van der Waals surface area (Å²) in [5.74, 6) is 1.29. The molecule has 2 aliphatic rings. The predicted octanol–water partition coefficient (Wildman–Crippen LogP) is 0.526. The van der Waals surface area contributed by atoms with E-state index in [4.69, 9.17) is 14.0 Å². The molecule has 2 fully saturated rings. The van der Waals surface area contributed by atoms with Gasteiger partial charge < -0.3 is 18.9 Å². The number of rotatable bonds is 4. The van der Waals surface area contributed by atoms with Crippen molar-refractivity contribution in [2.24, 2.45) is 5.92 Å². The molecule has 1 atom stereocenters. The minimum atomic E-state index is -0.240. The zero-order chi connectivity index (χ0) is 13.2. The summed E-state index contributed by atoms with van der Waals surface area (Å²) in [6, 6.07) is -0.240. The standard InChI is InChI=1S/C12H17N3O4/c1-17-7-10-13-11(14-19-10)9-6-18-5-4-15(9)12(16)8-2-3-8/h8-9H,2-7H2,1H3. The number of morpholine rings is 1. The second-order valence-corrected chi connectivity index (χ2v) is 4.88. The minimum Gasteiger partial charge on any atom is -0.377 e. The van der Waals surface area contributed by atoms with Crippen molar-refractivity contribution in [3.05, 3.63) is 11.7 Å². The summed E-state index contributed by atoms with van der Waals surface area (Å²) in [4.78, 5) is 18.3. The zero-order valence-electron chi connectivity index (χ0n) is 10.9. The van der Waals surface area contributed by atoms with Gasteiger partial charge in [0.1, 0.15) is 12.6 Å². The topological polar surface area (TPSA) is 77.7 Å². The zero-order valence-corrected chi connectivity index (χ0v) is 10.9. The van der Waals surface area contributed by atoms with Gasteiger partial charge in [-0.1, -0.05) is 5.16 Å². The molecule has 2 heterocycles. The second kappa shape index (κ2) is 5.26. The highest BCUT2D eigenvalue weighted by atomic mass is 16.5. The smallest absolute Gasteiger partial charge is 0.252 e. The Morgan fingerprint density at radius 2 is 2.37 bits per heavy atom. The van der Waals surface area contributed by atoms with Crippen LogP contribution in [-0.2, 0) is 20.9 Å². The lowest BCUT2D eigenvalue weighted by Gasteiger charge is -2.33. The quantitative estimate of drug-likeness (QED) is 0.791. The number of amides is 1. The average Bonchev–Trinajstić information content (AvgIpc) is 3.19. The van der Waals surface area contributed by atoms with Gasteiger partial charge >= 0.3 is 0 Å². The molecule has 1 saturated heterocycles. The maximum atomic E-state index is 12.2. The lowest BCUT2D eigenvalue weighted by molar-refractivity contribution is -0.142. The van der Waals surface area contributed by atoms with Crippen molar-refractivity contribution in [3.63, 3.8) is 0 Å². The van der Waals surface area contributed by atoms with Crippen molar-refractivity contribution in [3.8, 4) is 0 Å². The Balaban J connectivity index is 1.76. The summed E-state index contributed by atoms with van der Waals surface area (Å²) in [5, 5.41) is 3.93. The highest BCUT2D eigenvalue weighted by Gasteiger charge is 2.39. The van der Waals surface area contributed by atoms with Gasteiger partial charge in [-0.3, -0.25) is 4.79 Å². The molecule has 1 saturated carbocycles. The van der Waals surface area contributed by atoms with Gasteiger partial charge in [-0.25, -0.2) is 0 Å². The maximum Gasteiger partial charge on any atom is 0.252 e. The van der Waals surface area contributed by atoms with E-state index in [1.165, 1.54) is 0 Å². The molecule has 7 heteroatoms. The molecule has 19 heavy (non-hydrogen) atoms. The minimum absolute atomic E-state index is 0.186. The summed E-state index contributed by atoms with van der Waals surface area (Å²) in [5.41, 5.74) is 0. The number of hydrogen-bond acceptors (Lipinski definition) is 6. The first-order valence-corrected chi connectivity index (χ1v) is 6.49. The molecule has 1 aromatic rings. The largest absolute Gasteiger partial charge is 0.377 e. The van der Waals surface area contributed by atoms with Crippen molar-refractivity contribution >= 4 is 5.91 Å². The van der Waals surface area contributed by atoms with Crippen molar-refractivity contribution in [2.45, 2.75) is 25.5 Å². The Hall–Kier alpha value is -1.47. The van der Waals surface area contributed by atoms with E-state index >= 15 is 0 Å². The van der Waals surface area contributed by atoms with Crippen LogP contribution in [0.2, 0.25) is 0 Å². The third-order valence-corrected chi connectivity index (χ3v) is 3.39. The second-order valence-electron chi connectivity index (χ2n) is 4.88. The molecular weight excluding hydrogens is 250 g/mol. The van der Waals surface area contributed by atoms with E-state index in [2.05, 4.69) is 10.1 Å². The van der Waals surface area contributed by atoms with Crippen molar-refractivity contribution in [2.75, 3.05) is 26.9 Å². The van der Waals surface area contributed by atoms with Gasteiger partial charge in [-0.05, 0) is 12.8 Å². The van der Waals surface area contributed by atoms with Gasteiger partial charge in [0.25, 0.3) is 5.89 Å². The first kappa shape index (κ1) is 12.6. The van der Waals surface area contributed by atoms with Crippen LogP contribution in [0.25, 0.3) is 0 Å². The van der Waals surface area contributed by atoms with Crippen LogP contribution in [0, 0.1) is 5.92 Å². The van der Waals surface area contributed by atoms with E-state index in [1.807, 2.05) is 4.90 Å². The van der Waals surface area contributed by atoms with E-state index in [0.29, 0.717) is 31.5 Å². The molecule has 0 aromatic carbocycles. The molecule has 0 bridgehead atoms. The van der Waals surface area contributed by atoms with E-state index in [0.717, 1.165) is 12.8 Å². The summed E-state index contributed by atoms with van der Waals surface area (Å²) in [6.07, 6.45) is 1.98. The lowest BCUT2D eigenvalue weighted by Crippen LogP contribution is -2.44. The average molecular weight is 267 g/mol. The molecule has 1 aromatic heterocycles. The van der Waals surface area contributed by atoms with E-state index in [9.17, 15) is 4.79 Å². The molecule has 0 N–H and O–H groups in total. The molecule has 3 rings (SSSR count). The number of methoxy groups -OCH3 is 1. The fourth-order valence-corrected chi connectivity index (χ4v) is 2.23. The van der Waals surface area contributed by atoms with Crippen LogP contribution in [0.15, 0.2) is 4.52 Å². The number of nitrogens with zero attached hydrogens (tertiary/aromatic N) is 3. The predicted molar refractivity (Wildman–Crippen MR) is 63.0 cm³/mol. The third kappa shape index (κ3) is 2.62. The Morgan fingerprint density at radius 3 is 3.11 bits per heavy atom. The van der Waals surface area contributed by atoms with Gasteiger partial charge in [0.15, 0.2) is 5.82 Å². The SMILES string of the molecule is COCc1nc(C2COCCN2C(=O)C2CC2)no1. The summed E-state index contributed by atoms with van der Waals surface area (Å²) in [6.45, 7) is 1.85. The van der Waals surface area contributed by atoms with Gasteiger partial charge in [-0.15, -0.1) is 0 Å². The number of hydrogen-bond donors (Lipinski definition) is 0. The van der Waals surface area contributed by atoms with E-state index in [-0.39, 0.29) is 24.5 Å². The molecule has 1 aliphatic carbocycles. The number of aromatic nitrogens is 2. The van der Waals surface area contributed by atoms with Gasteiger partial charge in [0.2, 0.25) is 5.91 Å². The van der Waals surface area contributed by atoms with Crippen LogP contribution in [0.4, 0.5) is 0 Å². The van der Waals surface area contributed by atoms with E-state index in [1.54, 1.807) is 7.11 Å². The fraction of sp³-hybridized carbons (Fsp3) is 0.750. The summed E-state index contributed by atoms with van der Waals surface area (Å²) >= 11 is 0. The number of carbonyl (C=O) groups excluding carboxylic acids is 1. The van der Waals surface area contributed by atoms with Crippen LogP contribution < -0.4 is 0 Å². The van der Waals surface area contributed by atoms with Crippen LogP contribution in [0.1, 0.15) is 30.6 Å². The van der Waals surface area contributed by atoms with Crippen molar-refractivity contribution in [1.29, 1.82) is 0 Å². The van der Waals surface area contributed by atoms with Crippen LogP contribution in [0.3, 0.4) is 0 Å². The van der Waals surface area contributed by atoms with E-state index < -0.39 is 0 Å². The first-order valence-electron chi connectivity index (χ1n) is 6.49. The normalized spacial score (nSPS) is 23.6. The Labute approximate surface area is 110 Å². The molecule has 104 valence electrons. The van der Waals surface area contributed by atoms with Crippen LogP contribution >= 0.6 is 0 Å². The summed E-state index contributed by atoms with van der Waals surface area (Å²) in [7, 11) is 1.57. The summed E-state index contributed by atoms with van der Waals surface area (Å²) < 4.78 is 15.5. The van der Waals surface area contributed by atoms with Crippen molar-refractivity contribution < 1.29 is 18.8 Å². The van der Waals surface area contributed by atoms with Gasteiger partial charge in [0.05, 0.1) is 13.2 Å². The molecule has 7 nitrogen and oxygen atoms in total. The van der Waals surface area contributed by atoms with Gasteiger partial charge in [0, 0.05) is 19.6 Å². The van der Waals surface area contributed by atoms with Crippen LogP contribution in [-0.4, -0.2) is 47.8 Å². The maximum absolute atomic E-state index is 12.2. The molecule has 1 aliphatic heterocycles. The number of ether oxygens (including phenoxy) is 2. The third-order valence-electron chi connectivity index (χ3n) is 3.39. The Kier molecular flexibility index (Phi) is 3.48. The molecule has 1 unspecified atom stereocenters. The molecule has 1 amide bonds. The monoisotopic (exact) mass is 267 g/mol. The van der Waals surface area contributed by atoms with Crippen LogP contribution in [0.5, 0.6) is 0 Å². The van der Waals surface area contributed by atoms with Gasteiger partial charge in [-0.2, -0.15) is 4.98 Å².